The zero-order valence-corrected chi connectivity index (χ0v) is 15.9. The van der Waals surface area contributed by atoms with Gasteiger partial charge in [0.25, 0.3) is 11.8 Å². The maximum atomic E-state index is 13.1. The average Bonchev–Trinajstić information content (AvgIpc) is 2.98. The highest BCUT2D eigenvalue weighted by Crippen LogP contribution is 2.33. The Balaban J connectivity index is 1.57. The number of carbonyl (C=O) groups is 3. The van der Waals surface area contributed by atoms with Crippen LogP contribution in [0.1, 0.15) is 44.7 Å². The van der Waals surface area contributed by atoms with Gasteiger partial charge in [0, 0.05) is 24.5 Å². The van der Waals surface area contributed by atoms with Crippen LogP contribution < -0.4 is 16.4 Å². The van der Waals surface area contributed by atoms with Crippen molar-refractivity contribution in [1.82, 2.24) is 10.2 Å². The van der Waals surface area contributed by atoms with E-state index in [2.05, 4.69) is 17.2 Å². The number of nitrogens with two attached hydrogens (primary N) is 1. The molecule has 148 valence electrons. The molecule has 0 radical (unpaired) electrons. The van der Waals surface area contributed by atoms with Gasteiger partial charge < -0.3 is 16.4 Å². The second-order valence-electron chi connectivity index (χ2n) is 7.23. The smallest absolute Gasteiger partial charge is 0.264 e. The Morgan fingerprint density at radius 1 is 1.07 bits per heavy atom. The molecule has 0 spiro atoms. The summed E-state index contributed by atoms with van der Waals surface area (Å²) < 4.78 is 0. The quantitative estimate of drug-likeness (QED) is 0.679. The molecule has 0 aliphatic carbocycles. The van der Waals surface area contributed by atoms with E-state index in [0.29, 0.717) is 48.4 Å². The summed E-state index contributed by atoms with van der Waals surface area (Å²) in [5.74, 6) is -1.25. The molecule has 2 heterocycles. The zero-order chi connectivity index (χ0) is 20.5. The van der Waals surface area contributed by atoms with Crippen molar-refractivity contribution < 1.29 is 14.4 Å². The van der Waals surface area contributed by atoms with Gasteiger partial charge in [-0.2, -0.15) is 0 Å². The maximum Gasteiger partial charge on any atom is 0.264 e. The fraction of sp³-hybridized carbons (Fsp3) is 0.227. The molecular formula is C22H22N4O3. The van der Waals surface area contributed by atoms with Gasteiger partial charge in [-0.25, -0.2) is 0 Å². The van der Waals surface area contributed by atoms with E-state index in [1.165, 1.54) is 0 Å². The van der Waals surface area contributed by atoms with E-state index in [1.54, 1.807) is 18.2 Å². The third-order valence-corrected chi connectivity index (χ3v) is 5.32. The monoisotopic (exact) mass is 390 g/mol. The summed E-state index contributed by atoms with van der Waals surface area (Å²) in [6, 6.07) is 12.2. The minimum absolute atomic E-state index is 0.313. The number of anilines is 1. The van der Waals surface area contributed by atoms with E-state index in [9.17, 15) is 14.4 Å². The minimum Gasteiger partial charge on any atom is -0.380 e. The van der Waals surface area contributed by atoms with Crippen LogP contribution in [0.5, 0.6) is 0 Å². The number of rotatable bonds is 5. The molecule has 4 N–H and O–H groups in total. The highest BCUT2D eigenvalue weighted by molar-refractivity contribution is 6.25. The molecule has 3 amide bonds. The number of imide groups is 1. The first-order valence-electron chi connectivity index (χ1n) is 9.51. The molecule has 7 nitrogen and oxygen atoms in total. The van der Waals surface area contributed by atoms with Crippen molar-refractivity contribution in [3.05, 3.63) is 77.0 Å². The predicted molar refractivity (Wildman–Crippen MR) is 109 cm³/mol. The lowest BCUT2D eigenvalue weighted by Crippen LogP contribution is -2.51. The van der Waals surface area contributed by atoms with E-state index in [4.69, 9.17) is 5.73 Å². The van der Waals surface area contributed by atoms with Crippen molar-refractivity contribution in [3.8, 4) is 0 Å². The Hall–Kier alpha value is -3.45. The first-order chi connectivity index (χ1) is 14.0. The number of allylic oxidation sites excluding steroid dienone is 1. The van der Waals surface area contributed by atoms with Crippen LogP contribution >= 0.6 is 0 Å². The number of fused-ring (bicyclic) bond motifs is 1. The summed E-state index contributed by atoms with van der Waals surface area (Å²) in [6.45, 7) is 4.72. The van der Waals surface area contributed by atoms with E-state index < -0.39 is 17.9 Å². The molecule has 4 rings (SSSR count). The topological polar surface area (TPSA) is 105 Å². The fourth-order valence-corrected chi connectivity index (χ4v) is 3.73. The third-order valence-electron chi connectivity index (χ3n) is 5.32. The van der Waals surface area contributed by atoms with Crippen molar-refractivity contribution in [2.45, 2.75) is 32.0 Å². The number of carbonyl (C=O) groups excluding carboxylic acids is 3. The van der Waals surface area contributed by atoms with Gasteiger partial charge in [-0.05, 0) is 36.1 Å². The SMILES string of the molecule is C=C1CCC(N2C(=O)c3cccc(NCc4ccc(CN)cc4)c3C2=O)C(=O)N1. The number of amides is 3. The van der Waals surface area contributed by atoms with Crippen LogP contribution in [-0.4, -0.2) is 28.7 Å². The van der Waals surface area contributed by atoms with Crippen LogP contribution in [0.25, 0.3) is 0 Å². The van der Waals surface area contributed by atoms with Crippen LogP contribution in [0.2, 0.25) is 0 Å². The number of hydrogen-bond donors (Lipinski definition) is 3. The molecule has 0 aromatic heterocycles. The van der Waals surface area contributed by atoms with Crippen molar-refractivity contribution in [1.29, 1.82) is 0 Å². The number of benzene rings is 2. The third kappa shape index (κ3) is 3.40. The summed E-state index contributed by atoms with van der Waals surface area (Å²) in [4.78, 5) is 39.4. The predicted octanol–water partition coefficient (Wildman–Crippen LogP) is 2.15. The Labute approximate surface area is 168 Å². The highest BCUT2D eigenvalue weighted by atomic mass is 16.2. The normalized spacial score (nSPS) is 18.7. The Morgan fingerprint density at radius 3 is 2.48 bits per heavy atom. The molecule has 1 atom stereocenters. The summed E-state index contributed by atoms with van der Waals surface area (Å²) in [5.41, 5.74) is 9.50. The second-order valence-corrected chi connectivity index (χ2v) is 7.23. The van der Waals surface area contributed by atoms with Crippen molar-refractivity contribution in [2.24, 2.45) is 5.73 Å². The molecule has 0 saturated carbocycles. The van der Waals surface area contributed by atoms with Crippen molar-refractivity contribution >= 4 is 23.4 Å². The Morgan fingerprint density at radius 2 is 1.79 bits per heavy atom. The number of nitrogens with one attached hydrogen (secondary N) is 2. The molecule has 2 aromatic carbocycles. The standard InChI is InChI=1S/C22H22N4O3/c1-13-5-10-18(20(27)25-13)26-21(28)16-3-2-4-17(19(16)22(26)29)24-12-15-8-6-14(11-23)7-9-15/h2-4,6-9,18,24H,1,5,10-12,23H2,(H,25,27). The first-order valence-corrected chi connectivity index (χ1v) is 9.51. The lowest BCUT2D eigenvalue weighted by molar-refractivity contribution is -0.125. The minimum atomic E-state index is -0.815. The molecule has 1 saturated heterocycles. The molecule has 2 aliphatic heterocycles. The fourth-order valence-electron chi connectivity index (χ4n) is 3.73. The molecule has 29 heavy (non-hydrogen) atoms. The van der Waals surface area contributed by atoms with Crippen LogP contribution in [0.4, 0.5) is 5.69 Å². The van der Waals surface area contributed by atoms with Crippen LogP contribution in [0.15, 0.2) is 54.7 Å². The van der Waals surface area contributed by atoms with E-state index in [0.717, 1.165) is 16.0 Å². The van der Waals surface area contributed by atoms with E-state index in [1.807, 2.05) is 24.3 Å². The maximum absolute atomic E-state index is 13.1. The number of piperidine rings is 1. The molecule has 2 aromatic rings. The molecular weight excluding hydrogens is 368 g/mol. The van der Waals surface area contributed by atoms with Crippen LogP contribution in [-0.2, 0) is 17.9 Å². The summed E-state index contributed by atoms with van der Waals surface area (Å²) in [6.07, 6.45) is 0.917. The van der Waals surface area contributed by atoms with Crippen LogP contribution in [0.3, 0.4) is 0 Å². The molecule has 1 unspecified atom stereocenters. The summed E-state index contributed by atoms with van der Waals surface area (Å²) in [7, 11) is 0. The van der Waals surface area contributed by atoms with Crippen molar-refractivity contribution in [2.75, 3.05) is 5.32 Å². The second kappa shape index (κ2) is 7.52. The Bertz CT molecular complexity index is 1010. The zero-order valence-electron chi connectivity index (χ0n) is 15.9. The number of hydrogen-bond acceptors (Lipinski definition) is 5. The van der Waals surface area contributed by atoms with Gasteiger partial charge in [0.15, 0.2) is 0 Å². The van der Waals surface area contributed by atoms with Gasteiger partial charge >= 0.3 is 0 Å². The van der Waals surface area contributed by atoms with Gasteiger partial charge in [0.05, 0.1) is 11.1 Å². The van der Waals surface area contributed by atoms with Gasteiger partial charge in [-0.3, -0.25) is 19.3 Å². The lowest BCUT2D eigenvalue weighted by atomic mass is 10.0. The van der Waals surface area contributed by atoms with E-state index in [-0.39, 0.29) is 5.91 Å². The summed E-state index contributed by atoms with van der Waals surface area (Å²) in [5, 5.41) is 5.89. The molecule has 2 aliphatic rings. The van der Waals surface area contributed by atoms with E-state index >= 15 is 0 Å². The Kier molecular flexibility index (Phi) is 4.90. The molecule has 1 fully saturated rings. The van der Waals surface area contributed by atoms with Crippen LogP contribution in [0, 0.1) is 0 Å². The van der Waals surface area contributed by atoms with Gasteiger partial charge in [0.2, 0.25) is 5.91 Å². The number of nitrogens with zero attached hydrogens (tertiary/aromatic N) is 1. The largest absolute Gasteiger partial charge is 0.380 e. The van der Waals surface area contributed by atoms with Crippen molar-refractivity contribution in [3.63, 3.8) is 0 Å². The average molecular weight is 390 g/mol. The first kappa shape index (κ1) is 18.9. The van der Waals surface area contributed by atoms with Gasteiger partial charge in [-0.15, -0.1) is 0 Å². The lowest BCUT2D eigenvalue weighted by Gasteiger charge is -2.29. The summed E-state index contributed by atoms with van der Waals surface area (Å²) >= 11 is 0. The molecule has 7 heteroatoms. The van der Waals surface area contributed by atoms with Gasteiger partial charge in [-0.1, -0.05) is 36.9 Å². The van der Waals surface area contributed by atoms with Gasteiger partial charge in [0.1, 0.15) is 6.04 Å². The molecule has 0 bridgehead atoms. The highest BCUT2D eigenvalue weighted by Gasteiger charge is 2.44.